The lowest BCUT2D eigenvalue weighted by atomic mass is 10.1. The van der Waals surface area contributed by atoms with Gasteiger partial charge in [0.1, 0.15) is 17.6 Å². The maximum Gasteiger partial charge on any atom is 0.119 e. The molecule has 0 aliphatic heterocycles. The van der Waals surface area contributed by atoms with E-state index in [2.05, 4.69) is 5.92 Å². The maximum atomic E-state index is 9.55. The van der Waals surface area contributed by atoms with Crippen molar-refractivity contribution in [3.8, 4) is 23.5 Å². The highest BCUT2D eigenvalue weighted by Gasteiger charge is 2.02. The predicted octanol–water partition coefficient (Wildman–Crippen LogP) is 2.06. The Morgan fingerprint density at radius 3 is 2.87 bits per heavy atom. The molecule has 0 aromatic heterocycles. The molecule has 0 aliphatic rings. The van der Waals surface area contributed by atoms with E-state index in [0.29, 0.717) is 6.42 Å². The topological polar surface area (TPSA) is 49.7 Å². The molecule has 3 heteroatoms. The van der Waals surface area contributed by atoms with Crippen molar-refractivity contribution in [2.75, 3.05) is 7.11 Å². The highest BCUT2D eigenvalue weighted by atomic mass is 16.5. The lowest BCUT2D eigenvalue weighted by molar-refractivity contribution is 0.410. The van der Waals surface area contributed by atoms with Crippen molar-refractivity contribution in [1.29, 1.82) is 0 Å². The molecule has 0 saturated carbocycles. The summed E-state index contributed by atoms with van der Waals surface area (Å²) in [6, 6.07) is 5.14. The summed E-state index contributed by atoms with van der Waals surface area (Å²) in [5, 5.41) is 17.8. The standard InChI is InChI=1S/C12H14O3/c1-15-11-6-7-12(14)10(9-11)5-3-2-4-8-13/h6-7,9,13-14H,2-3,5H2,1H3. The molecule has 0 aliphatic carbocycles. The minimum absolute atomic E-state index is 0.271. The summed E-state index contributed by atoms with van der Waals surface area (Å²) < 4.78 is 5.06. The van der Waals surface area contributed by atoms with Crippen LogP contribution in [-0.2, 0) is 6.42 Å². The van der Waals surface area contributed by atoms with E-state index in [1.54, 1.807) is 19.2 Å². The third kappa shape index (κ3) is 3.43. The third-order valence-electron chi connectivity index (χ3n) is 2.11. The fourth-order valence-corrected chi connectivity index (χ4v) is 1.31. The van der Waals surface area contributed by atoms with Crippen LogP contribution in [0.1, 0.15) is 18.4 Å². The Bertz CT molecular complexity index is 374. The molecular weight excluding hydrogens is 192 g/mol. The molecule has 1 rings (SSSR count). The molecular formula is C12H14O3. The molecule has 0 atom stereocenters. The van der Waals surface area contributed by atoms with Gasteiger partial charge in [-0.25, -0.2) is 0 Å². The molecule has 0 radical (unpaired) electrons. The van der Waals surface area contributed by atoms with Gasteiger partial charge in [0.25, 0.3) is 0 Å². The first-order chi connectivity index (χ1) is 7.27. The van der Waals surface area contributed by atoms with E-state index in [4.69, 9.17) is 9.84 Å². The van der Waals surface area contributed by atoms with Crippen LogP contribution in [0.15, 0.2) is 18.2 Å². The number of phenolic OH excluding ortho intramolecular Hbond substituents is 1. The van der Waals surface area contributed by atoms with Crippen LogP contribution in [0.4, 0.5) is 0 Å². The van der Waals surface area contributed by atoms with Gasteiger partial charge >= 0.3 is 0 Å². The summed E-state index contributed by atoms with van der Waals surface area (Å²) in [4.78, 5) is 0. The predicted molar refractivity (Wildman–Crippen MR) is 57.3 cm³/mol. The van der Waals surface area contributed by atoms with Crippen LogP contribution < -0.4 is 4.74 Å². The Balaban J connectivity index is 2.61. The molecule has 0 unspecified atom stereocenters. The van der Waals surface area contributed by atoms with Crippen LogP contribution in [0.3, 0.4) is 0 Å². The molecule has 0 amide bonds. The molecule has 3 nitrogen and oxygen atoms in total. The zero-order chi connectivity index (χ0) is 11.1. The Labute approximate surface area is 89.3 Å². The summed E-state index contributed by atoms with van der Waals surface area (Å²) >= 11 is 0. The number of hydrogen-bond acceptors (Lipinski definition) is 3. The minimum atomic E-state index is 0.271. The normalized spacial score (nSPS) is 9.13. The second-order valence-corrected chi connectivity index (χ2v) is 3.14. The SMILES string of the molecule is COc1ccc(O)c(CCCC#CO)c1. The van der Waals surface area contributed by atoms with Crippen molar-refractivity contribution in [3.63, 3.8) is 0 Å². The molecule has 1 aromatic carbocycles. The molecule has 15 heavy (non-hydrogen) atoms. The Morgan fingerprint density at radius 1 is 1.40 bits per heavy atom. The molecule has 1 aromatic rings. The molecule has 0 spiro atoms. The lowest BCUT2D eigenvalue weighted by Crippen LogP contribution is -1.89. The van der Waals surface area contributed by atoms with Gasteiger partial charge in [0.05, 0.1) is 7.11 Å². The minimum Gasteiger partial charge on any atom is -0.508 e. The fraction of sp³-hybridized carbons (Fsp3) is 0.333. The molecule has 0 bridgehead atoms. The quantitative estimate of drug-likeness (QED) is 0.585. The van der Waals surface area contributed by atoms with E-state index in [-0.39, 0.29) is 5.75 Å². The summed E-state index contributed by atoms with van der Waals surface area (Å²) in [7, 11) is 1.59. The summed E-state index contributed by atoms with van der Waals surface area (Å²) in [5.74, 6) is 3.56. The zero-order valence-electron chi connectivity index (χ0n) is 8.66. The van der Waals surface area contributed by atoms with Gasteiger partial charge in [-0.15, -0.1) is 0 Å². The average molecular weight is 206 g/mol. The van der Waals surface area contributed by atoms with E-state index in [1.807, 2.05) is 12.2 Å². The Hall–Kier alpha value is -1.82. The van der Waals surface area contributed by atoms with Crippen LogP contribution in [-0.4, -0.2) is 17.3 Å². The molecule has 0 heterocycles. The fourth-order valence-electron chi connectivity index (χ4n) is 1.31. The van der Waals surface area contributed by atoms with E-state index < -0.39 is 0 Å². The summed E-state index contributed by atoms with van der Waals surface area (Å²) in [6.45, 7) is 0. The van der Waals surface area contributed by atoms with E-state index in [0.717, 1.165) is 24.2 Å². The number of rotatable bonds is 4. The van der Waals surface area contributed by atoms with Crippen molar-refractivity contribution < 1.29 is 14.9 Å². The number of aromatic hydroxyl groups is 1. The van der Waals surface area contributed by atoms with Crippen LogP contribution in [0, 0.1) is 12.0 Å². The second kappa shape index (κ2) is 5.82. The number of methoxy groups -OCH3 is 1. The molecule has 0 fully saturated rings. The number of aliphatic hydroxyl groups is 1. The smallest absolute Gasteiger partial charge is 0.119 e. The van der Waals surface area contributed by atoms with Crippen molar-refractivity contribution >= 4 is 0 Å². The maximum absolute atomic E-state index is 9.55. The Kier molecular flexibility index (Phi) is 4.36. The van der Waals surface area contributed by atoms with E-state index >= 15 is 0 Å². The van der Waals surface area contributed by atoms with E-state index in [9.17, 15) is 5.11 Å². The number of phenols is 1. The van der Waals surface area contributed by atoms with Gasteiger partial charge in [-0.2, -0.15) is 0 Å². The van der Waals surface area contributed by atoms with Crippen LogP contribution in [0.5, 0.6) is 11.5 Å². The molecule has 0 saturated heterocycles. The number of aliphatic hydroxyl groups excluding tert-OH is 1. The van der Waals surface area contributed by atoms with Crippen LogP contribution in [0.2, 0.25) is 0 Å². The number of benzene rings is 1. The van der Waals surface area contributed by atoms with E-state index in [1.165, 1.54) is 0 Å². The highest BCUT2D eigenvalue weighted by molar-refractivity contribution is 5.39. The van der Waals surface area contributed by atoms with Crippen molar-refractivity contribution in [3.05, 3.63) is 23.8 Å². The first-order valence-electron chi connectivity index (χ1n) is 4.75. The summed E-state index contributed by atoms with van der Waals surface area (Å²) in [5.41, 5.74) is 0.842. The van der Waals surface area contributed by atoms with Crippen LogP contribution in [0.25, 0.3) is 0 Å². The van der Waals surface area contributed by atoms with Crippen molar-refractivity contribution in [2.45, 2.75) is 19.3 Å². The van der Waals surface area contributed by atoms with Gasteiger partial charge in [0.2, 0.25) is 0 Å². The first kappa shape index (κ1) is 11.3. The van der Waals surface area contributed by atoms with Gasteiger partial charge in [-0.3, -0.25) is 0 Å². The zero-order valence-corrected chi connectivity index (χ0v) is 8.66. The number of unbranched alkanes of at least 4 members (excludes halogenated alkanes) is 1. The van der Waals surface area contributed by atoms with Gasteiger partial charge < -0.3 is 14.9 Å². The lowest BCUT2D eigenvalue weighted by Gasteiger charge is -2.05. The van der Waals surface area contributed by atoms with Crippen LogP contribution >= 0.6 is 0 Å². The van der Waals surface area contributed by atoms with Crippen molar-refractivity contribution in [2.24, 2.45) is 0 Å². The Morgan fingerprint density at radius 2 is 2.20 bits per heavy atom. The van der Waals surface area contributed by atoms with Gasteiger partial charge in [-0.05, 0) is 36.6 Å². The van der Waals surface area contributed by atoms with Gasteiger partial charge in [0.15, 0.2) is 0 Å². The number of hydrogen-bond donors (Lipinski definition) is 2. The summed E-state index contributed by atoms with van der Waals surface area (Å²) in [6.07, 6.45) is 3.99. The number of ether oxygens (including phenoxy) is 1. The molecule has 2 N–H and O–H groups in total. The van der Waals surface area contributed by atoms with Gasteiger partial charge in [-0.1, -0.05) is 5.92 Å². The second-order valence-electron chi connectivity index (χ2n) is 3.14. The average Bonchev–Trinajstić information content (AvgIpc) is 2.26. The highest BCUT2D eigenvalue weighted by Crippen LogP contribution is 2.24. The first-order valence-corrected chi connectivity index (χ1v) is 4.75. The van der Waals surface area contributed by atoms with Gasteiger partial charge in [0, 0.05) is 6.42 Å². The monoisotopic (exact) mass is 206 g/mol. The van der Waals surface area contributed by atoms with Crippen molar-refractivity contribution in [1.82, 2.24) is 0 Å². The third-order valence-corrected chi connectivity index (χ3v) is 2.11. The largest absolute Gasteiger partial charge is 0.508 e. The number of aryl methyl sites for hydroxylation is 1. The molecule has 80 valence electrons.